The van der Waals surface area contributed by atoms with Gasteiger partial charge in [0.25, 0.3) is 0 Å². The van der Waals surface area contributed by atoms with Crippen molar-refractivity contribution in [2.24, 2.45) is 0 Å². The number of rotatable bonds is 4. The van der Waals surface area contributed by atoms with E-state index in [0.29, 0.717) is 12.1 Å². The van der Waals surface area contributed by atoms with Gasteiger partial charge in [-0.05, 0) is 58.0 Å². The first kappa shape index (κ1) is 16.7. The van der Waals surface area contributed by atoms with Gasteiger partial charge in [0.2, 0.25) is 0 Å². The second kappa shape index (κ2) is 6.53. The van der Waals surface area contributed by atoms with E-state index in [9.17, 15) is 0 Å². The Morgan fingerprint density at radius 3 is 1.96 bits per heavy atom. The van der Waals surface area contributed by atoms with E-state index < -0.39 is 0 Å². The summed E-state index contributed by atoms with van der Waals surface area (Å²) in [7, 11) is 0. The van der Waals surface area contributed by atoms with E-state index >= 15 is 0 Å². The fraction of sp³-hybridized carbons (Fsp3) is 0.250. The standard InChI is InChI=1S/C24H26N2/c1-17(2)25(18(3)4)22-15-10-16-23-24(22)20-13-8-9-14-21(20)26(23)19-11-6-5-7-12-19/h5-18H,1-4H3. The van der Waals surface area contributed by atoms with Gasteiger partial charge in [-0.3, -0.25) is 0 Å². The Hall–Kier alpha value is -2.74. The fourth-order valence-corrected chi connectivity index (χ4v) is 4.22. The lowest BCUT2D eigenvalue weighted by Gasteiger charge is -2.33. The predicted octanol–water partition coefficient (Wildman–Crippen LogP) is 6.41. The van der Waals surface area contributed by atoms with E-state index in [2.05, 4.69) is 110 Å². The van der Waals surface area contributed by atoms with Crippen molar-refractivity contribution in [2.75, 3.05) is 4.90 Å². The molecule has 2 heteroatoms. The Morgan fingerprint density at radius 1 is 0.654 bits per heavy atom. The maximum Gasteiger partial charge on any atom is 0.0561 e. The van der Waals surface area contributed by atoms with Crippen LogP contribution in [0.4, 0.5) is 5.69 Å². The molecule has 4 aromatic rings. The molecule has 2 nitrogen and oxygen atoms in total. The Labute approximate surface area is 155 Å². The number of hydrogen-bond acceptors (Lipinski definition) is 1. The minimum atomic E-state index is 0.444. The highest BCUT2D eigenvalue weighted by Gasteiger charge is 2.21. The van der Waals surface area contributed by atoms with Crippen molar-refractivity contribution < 1.29 is 0 Å². The van der Waals surface area contributed by atoms with Crippen molar-refractivity contribution in [2.45, 2.75) is 39.8 Å². The van der Waals surface area contributed by atoms with E-state index in [4.69, 9.17) is 0 Å². The molecule has 132 valence electrons. The molecule has 0 aliphatic rings. The van der Waals surface area contributed by atoms with Gasteiger partial charge in [0, 0.05) is 34.2 Å². The number of aromatic nitrogens is 1. The SMILES string of the molecule is CC(C)N(c1cccc2c1c1ccccc1n2-c1ccccc1)C(C)C. The molecule has 0 spiro atoms. The van der Waals surface area contributed by atoms with E-state index in [1.165, 1.54) is 33.2 Å². The Balaban J connectivity index is 2.13. The lowest BCUT2D eigenvalue weighted by Crippen LogP contribution is -2.37. The molecule has 0 aliphatic heterocycles. The molecular weight excluding hydrogens is 316 g/mol. The summed E-state index contributed by atoms with van der Waals surface area (Å²) in [5.74, 6) is 0. The topological polar surface area (TPSA) is 8.17 Å². The highest BCUT2D eigenvalue weighted by Crippen LogP contribution is 2.39. The van der Waals surface area contributed by atoms with Crippen LogP contribution in [0.1, 0.15) is 27.7 Å². The van der Waals surface area contributed by atoms with Gasteiger partial charge in [-0.25, -0.2) is 0 Å². The van der Waals surface area contributed by atoms with Crippen molar-refractivity contribution in [1.29, 1.82) is 0 Å². The average Bonchev–Trinajstić information content (AvgIpc) is 2.97. The second-order valence-corrected chi connectivity index (χ2v) is 7.45. The number of anilines is 1. The molecule has 0 bridgehead atoms. The Morgan fingerprint density at radius 2 is 1.27 bits per heavy atom. The molecule has 0 N–H and O–H groups in total. The normalized spacial score (nSPS) is 11.8. The van der Waals surface area contributed by atoms with Gasteiger partial charge in [0.1, 0.15) is 0 Å². The van der Waals surface area contributed by atoms with E-state index in [0.717, 1.165) is 0 Å². The van der Waals surface area contributed by atoms with Crippen LogP contribution in [0.5, 0.6) is 0 Å². The minimum absolute atomic E-state index is 0.444. The first-order chi connectivity index (χ1) is 12.6. The van der Waals surface area contributed by atoms with Crippen molar-refractivity contribution >= 4 is 27.5 Å². The number of para-hydroxylation sites is 2. The molecule has 0 atom stereocenters. The van der Waals surface area contributed by atoms with Gasteiger partial charge in [-0.15, -0.1) is 0 Å². The summed E-state index contributed by atoms with van der Waals surface area (Å²) in [4.78, 5) is 2.52. The smallest absolute Gasteiger partial charge is 0.0561 e. The summed E-state index contributed by atoms with van der Waals surface area (Å²) in [6.45, 7) is 9.09. The first-order valence-electron chi connectivity index (χ1n) is 9.45. The number of nitrogens with zero attached hydrogens (tertiary/aromatic N) is 2. The maximum absolute atomic E-state index is 2.52. The first-order valence-corrected chi connectivity index (χ1v) is 9.45. The molecule has 0 saturated heterocycles. The maximum atomic E-state index is 2.52. The van der Waals surface area contributed by atoms with Crippen LogP contribution in [0.15, 0.2) is 72.8 Å². The minimum Gasteiger partial charge on any atom is -0.366 e. The third kappa shape index (κ3) is 2.57. The zero-order chi connectivity index (χ0) is 18.3. The van der Waals surface area contributed by atoms with Crippen molar-refractivity contribution in [3.8, 4) is 5.69 Å². The molecule has 3 aromatic carbocycles. The Kier molecular flexibility index (Phi) is 4.20. The number of hydrogen-bond donors (Lipinski definition) is 0. The van der Waals surface area contributed by atoms with Gasteiger partial charge in [0.05, 0.1) is 11.0 Å². The second-order valence-electron chi connectivity index (χ2n) is 7.45. The van der Waals surface area contributed by atoms with Gasteiger partial charge in [0.15, 0.2) is 0 Å². The molecular formula is C24H26N2. The molecule has 1 heterocycles. The summed E-state index contributed by atoms with van der Waals surface area (Å²) in [6.07, 6.45) is 0. The molecule has 4 rings (SSSR count). The monoisotopic (exact) mass is 342 g/mol. The van der Waals surface area contributed by atoms with Crippen molar-refractivity contribution in [3.05, 3.63) is 72.8 Å². The fourth-order valence-electron chi connectivity index (χ4n) is 4.22. The van der Waals surface area contributed by atoms with Crippen LogP contribution in [0.2, 0.25) is 0 Å². The summed E-state index contributed by atoms with van der Waals surface area (Å²) < 4.78 is 2.38. The number of benzene rings is 3. The molecule has 0 saturated carbocycles. The third-order valence-corrected chi connectivity index (χ3v) is 5.08. The molecule has 26 heavy (non-hydrogen) atoms. The van der Waals surface area contributed by atoms with Gasteiger partial charge < -0.3 is 9.47 Å². The molecule has 0 amide bonds. The molecule has 0 unspecified atom stereocenters. The molecule has 0 radical (unpaired) electrons. The van der Waals surface area contributed by atoms with Gasteiger partial charge in [-0.2, -0.15) is 0 Å². The summed E-state index contributed by atoms with van der Waals surface area (Å²) in [6, 6.07) is 27.0. The number of fused-ring (bicyclic) bond motifs is 3. The predicted molar refractivity (Wildman–Crippen MR) is 114 cm³/mol. The highest BCUT2D eigenvalue weighted by atomic mass is 15.2. The lowest BCUT2D eigenvalue weighted by atomic mass is 10.1. The van der Waals surface area contributed by atoms with Crippen LogP contribution in [0.3, 0.4) is 0 Å². The van der Waals surface area contributed by atoms with Crippen molar-refractivity contribution in [3.63, 3.8) is 0 Å². The molecule has 1 aromatic heterocycles. The van der Waals surface area contributed by atoms with Crippen LogP contribution in [0, 0.1) is 0 Å². The van der Waals surface area contributed by atoms with E-state index in [-0.39, 0.29) is 0 Å². The highest BCUT2D eigenvalue weighted by molar-refractivity contribution is 6.15. The zero-order valence-electron chi connectivity index (χ0n) is 16.0. The summed E-state index contributed by atoms with van der Waals surface area (Å²) in [5.41, 5.74) is 5.05. The van der Waals surface area contributed by atoms with E-state index in [1.807, 2.05) is 0 Å². The molecule has 0 fully saturated rings. The Bertz CT molecular complexity index is 1030. The van der Waals surface area contributed by atoms with Crippen molar-refractivity contribution in [1.82, 2.24) is 4.57 Å². The molecule has 0 aliphatic carbocycles. The average molecular weight is 342 g/mol. The van der Waals surface area contributed by atoms with Crippen LogP contribution < -0.4 is 4.90 Å². The summed E-state index contributed by atoms with van der Waals surface area (Å²) in [5, 5.41) is 2.66. The lowest BCUT2D eigenvalue weighted by molar-refractivity contribution is 0.610. The summed E-state index contributed by atoms with van der Waals surface area (Å²) >= 11 is 0. The largest absolute Gasteiger partial charge is 0.366 e. The quantitative estimate of drug-likeness (QED) is 0.416. The van der Waals surface area contributed by atoms with Crippen LogP contribution >= 0.6 is 0 Å². The van der Waals surface area contributed by atoms with Crippen LogP contribution in [0.25, 0.3) is 27.5 Å². The van der Waals surface area contributed by atoms with Crippen LogP contribution in [-0.2, 0) is 0 Å². The van der Waals surface area contributed by atoms with Gasteiger partial charge in [-0.1, -0.05) is 42.5 Å². The third-order valence-electron chi connectivity index (χ3n) is 5.08. The van der Waals surface area contributed by atoms with E-state index in [1.54, 1.807) is 0 Å². The van der Waals surface area contributed by atoms with Gasteiger partial charge >= 0.3 is 0 Å². The van der Waals surface area contributed by atoms with Crippen LogP contribution in [-0.4, -0.2) is 16.7 Å². The zero-order valence-corrected chi connectivity index (χ0v) is 16.0.